The van der Waals surface area contributed by atoms with Crippen LogP contribution in [0, 0.1) is 6.92 Å². The molecule has 0 saturated carbocycles. The monoisotopic (exact) mass is 278 g/mol. The van der Waals surface area contributed by atoms with Gasteiger partial charge >= 0.3 is 6.09 Å². The van der Waals surface area contributed by atoms with Gasteiger partial charge in [-0.3, -0.25) is 4.79 Å². The molecule has 108 valence electrons. The number of carbonyl (C=O) groups excluding carboxylic acids is 2. The molecule has 2 aliphatic rings. The van der Waals surface area contributed by atoms with Gasteiger partial charge in [0.25, 0.3) is 5.91 Å². The molecule has 1 aromatic heterocycles. The summed E-state index contributed by atoms with van der Waals surface area (Å²) in [5.74, 6) is -0.103. The summed E-state index contributed by atoms with van der Waals surface area (Å²) in [4.78, 5) is 34.3. The van der Waals surface area contributed by atoms with E-state index in [4.69, 9.17) is 4.74 Å². The highest BCUT2D eigenvalue weighted by Gasteiger charge is 2.47. The molecule has 20 heavy (non-hydrogen) atoms. The van der Waals surface area contributed by atoms with Crippen LogP contribution in [-0.2, 0) is 4.74 Å². The molecule has 2 fully saturated rings. The molecular weight excluding hydrogens is 260 g/mol. The van der Waals surface area contributed by atoms with Crippen LogP contribution in [0.1, 0.15) is 29.0 Å². The first-order chi connectivity index (χ1) is 9.51. The van der Waals surface area contributed by atoms with E-state index >= 15 is 0 Å². The van der Waals surface area contributed by atoms with Crippen molar-refractivity contribution in [3.05, 3.63) is 17.7 Å². The lowest BCUT2D eigenvalue weighted by Crippen LogP contribution is -2.52. The zero-order chi connectivity index (χ0) is 14.3. The molecule has 2 saturated heterocycles. The Hall–Kier alpha value is -2.05. The Kier molecular flexibility index (Phi) is 2.92. The molecule has 1 atom stereocenters. The minimum absolute atomic E-state index is 0.103. The number of rotatable bonds is 1. The van der Waals surface area contributed by atoms with E-state index in [0.717, 1.165) is 18.5 Å². The predicted octanol–water partition coefficient (Wildman–Crippen LogP) is 0.775. The molecular formula is C13H18N4O3. The van der Waals surface area contributed by atoms with Gasteiger partial charge in [0.2, 0.25) is 0 Å². The highest BCUT2D eigenvalue weighted by molar-refractivity contribution is 5.93. The molecule has 2 aliphatic heterocycles. The molecule has 0 aromatic carbocycles. The van der Waals surface area contributed by atoms with Crippen molar-refractivity contribution in [2.24, 2.45) is 0 Å². The van der Waals surface area contributed by atoms with Gasteiger partial charge in [0, 0.05) is 19.3 Å². The molecule has 3 heterocycles. The fourth-order valence-electron chi connectivity index (χ4n) is 3.00. The third-order valence-electron chi connectivity index (χ3n) is 4.00. The number of likely N-dealkylation sites (tertiary alicyclic amines) is 1. The maximum atomic E-state index is 12.5. The zero-order valence-corrected chi connectivity index (χ0v) is 11.7. The number of nitrogens with zero attached hydrogens (tertiary/aromatic N) is 3. The predicted molar refractivity (Wildman–Crippen MR) is 70.3 cm³/mol. The maximum absolute atomic E-state index is 12.5. The summed E-state index contributed by atoms with van der Waals surface area (Å²) in [5, 5.41) is 0. The lowest BCUT2D eigenvalue weighted by Gasteiger charge is -2.38. The zero-order valence-electron chi connectivity index (χ0n) is 11.7. The van der Waals surface area contributed by atoms with E-state index in [1.807, 2.05) is 6.92 Å². The van der Waals surface area contributed by atoms with Crippen LogP contribution in [0.2, 0.25) is 0 Å². The number of aromatic nitrogens is 2. The van der Waals surface area contributed by atoms with E-state index in [2.05, 4.69) is 9.97 Å². The number of piperidine rings is 1. The lowest BCUT2D eigenvalue weighted by molar-refractivity contribution is -0.00542. The lowest BCUT2D eigenvalue weighted by atomic mass is 9.92. The topological polar surface area (TPSA) is 78.5 Å². The Bertz CT molecular complexity index is 556. The average molecular weight is 278 g/mol. The van der Waals surface area contributed by atoms with E-state index < -0.39 is 5.60 Å². The van der Waals surface area contributed by atoms with Crippen molar-refractivity contribution in [1.82, 2.24) is 19.8 Å². The van der Waals surface area contributed by atoms with Gasteiger partial charge < -0.3 is 19.5 Å². The summed E-state index contributed by atoms with van der Waals surface area (Å²) in [5.41, 5.74) is 0.652. The highest BCUT2D eigenvalue weighted by Crippen LogP contribution is 2.31. The summed E-state index contributed by atoms with van der Waals surface area (Å²) in [7, 11) is 1.72. The van der Waals surface area contributed by atoms with Crippen LogP contribution in [0.25, 0.3) is 0 Å². The van der Waals surface area contributed by atoms with Crippen molar-refractivity contribution >= 4 is 12.0 Å². The Morgan fingerprint density at radius 3 is 2.90 bits per heavy atom. The number of nitrogens with one attached hydrogen (secondary N) is 1. The fraction of sp³-hybridized carbons (Fsp3) is 0.615. The largest absolute Gasteiger partial charge is 0.439 e. The van der Waals surface area contributed by atoms with E-state index in [9.17, 15) is 9.59 Å². The summed E-state index contributed by atoms with van der Waals surface area (Å²) in [6.45, 7) is 3.47. The molecule has 0 aliphatic carbocycles. The number of imidazole rings is 1. The maximum Gasteiger partial charge on any atom is 0.410 e. The van der Waals surface area contributed by atoms with E-state index in [1.54, 1.807) is 16.8 Å². The summed E-state index contributed by atoms with van der Waals surface area (Å²) in [6, 6.07) is 0. The van der Waals surface area contributed by atoms with Crippen LogP contribution in [0.5, 0.6) is 0 Å². The third kappa shape index (κ3) is 2.03. The Morgan fingerprint density at radius 1 is 1.50 bits per heavy atom. The van der Waals surface area contributed by atoms with Crippen molar-refractivity contribution in [2.45, 2.75) is 25.4 Å². The molecule has 2 amide bonds. The van der Waals surface area contributed by atoms with E-state index in [0.29, 0.717) is 25.3 Å². The van der Waals surface area contributed by atoms with Gasteiger partial charge in [-0.15, -0.1) is 0 Å². The smallest absolute Gasteiger partial charge is 0.410 e. The van der Waals surface area contributed by atoms with Gasteiger partial charge in [-0.25, -0.2) is 9.78 Å². The van der Waals surface area contributed by atoms with Crippen LogP contribution < -0.4 is 0 Å². The number of aromatic amines is 1. The summed E-state index contributed by atoms with van der Waals surface area (Å²) < 4.78 is 5.49. The van der Waals surface area contributed by atoms with E-state index in [-0.39, 0.29) is 12.0 Å². The van der Waals surface area contributed by atoms with Crippen molar-refractivity contribution in [1.29, 1.82) is 0 Å². The first-order valence-electron chi connectivity index (χ1n) is 6.74. The molecule has 3 rings (SSSR count). The molecule has 0 bridgehead atoms. The second-order valence-electron chi connectivity index (χ2n) is 5.61. The fourth-order valence-corrected chi connectivity index (χ4v) is 3.00. The normalized spacial score (nSPS) is 26.2. The van der Waals surface area contributed by atoms with Gasteiger partial charge in [0.1, 0.15) is 11.3 Å². The molecule has 1 spiro atoms. The first kappa shape index (κ1) is 13.0. The van der Waals surface area contributed by atoms with Crippen molar-refractivity contribution in [3.8, 4) is 0 Å². The van der Waals surface area contributed by atoms with Crippen LogP contribution in [0.4, 0.5) is 4.79 Å². The first-order valence-corrected chi connectivity index (χ1v) is 6.74. The van der Waals surface area contributed by atoms with Gasteiger partial charge in [0.15, 0.2) is 0 Å². The minimum Gasteiger partial charge on any atom is -0.439 e. The number of amides is 2. The standard InChI is InChI=1S/C13H18N4O3/c1-9-10(15-8-14-9)11(18)17-5-3-4-13(7-17)6-16(2)12(19)20-13/h8H,3-7H2,1-2H3,(H,14,15)/t13-/m0/s1. The van der Waals surface area contributed by atoms with Crippen LogP contribution >= 0.6 is 0 Å². The quantitative estimate of drug-likeness (QED) is 0.823. The summed E-state index contributed by atoms with van der Waals surface area (Å²) >= 11 is 0. The Balaban J connectivity index is 1.78. The van der Waals surface area contributed by atoms with Gasteiger partial charge in [-0.2, -0.15) is 0 Å². The van der Waals surface area contributed by atoms with Crippen LogP contribution in [0.15, 0.2) is 6.33 Å². The Morgan fingerprint density at radius 2 is 2.30 bits per heavy atom. The number of aryl methyl sites for hydroxylation is 1. The second-order valence-corrected chi connectivity index (χ2v) is 5.61. The molecule has 7 nitrogen and oxygen atoms in total. The number of ether oxygens (including phenoxy) is 1. The van der Waals surface area contributed by atoms with Gasteiger partial charge in [-0.1, -0.05) is 0 Å². The number of carbonyl (C=O) groups is 2. The van der Waals surface area contributed by atoms with Crippen LogP contribution in [-0.4, -0.2) is 64.1 Å². The molecule has 0 unspecified atom stereocenters. The minimum atomic E-state index is -0.552. The third-order valence-corrected chi connectivity index (χ3v) is 4.00. The number of H-pyrrole nitrogens is 1. The second kappa shape index (κ2) is 4.50. The van der Waals surface area contributed by atoms with Gasteiger partial charge in [-0.05, 0) is 19.8 Å². The molecule has 1 N–H and O–H groups in total. The average Bonchev–Trinajstić information content (AvgIpc) is 2.94. The highest BCUT2D eigenvalue weighted by atomic mass is 16.6. The molecule has 0 radical (unpaired) electrons. The number of likely N-dealkylation sites (N-methyl/N-ethyl adjacent to an activating group) is 1. The van der Waals surface area contributed by atoms with Crippen LogP contribution in [0.3, 0.4) is 0 Å². The molecule has 7 heteroatoms. The van der Waals surface area contributed by atoms with Gasteiger partial charge in [0.05, 0.1) is 19.4 Å². The number of hydrogen-bond donors (Lipinski definition) is 1. The van der Waals surface area contributed by atoms with E-state index in [1.165, 1.54) is 6.33 Å². The Labute approximate surface area is 116 Å². The summed E-state index contributed by atoms with van der Waals surface area (Å²) in [6.07, 6.45) is 2.84. The number of hydrogen-bond acceptors (Lipinski definition) is 4. The molecule has 1 aromatic rings. The SMILES string of the molecule is Cc1[nH]cnc1C(=O)N1CCC[C@]2(CN(C)C(=O)O2)C1. The van der Waals surface area contributed by atoms with Crippen molar-refractivity contribution in [3.63, 3.8) is 0 Å². The van der Waals surface area contributed by atoms with Crippen molar-refractivity contribution in [2.75, 3.05) is 26.7 Å². The van der Waals surface area contributed by atoms with Crippen molar-refractivity contribution < 1.29 is 14.3 Å².